The first-order valence-electron chi connectivity index (χ1n) is 15.7. The van der Waals surface area contributed by atoms with Gasteiger partial charge < -0.3 is 29.6 Å². The first-order valence-corrected chi connectivity index (χ1v) is 16.1. The van der Waals surface area contributed by atoms with Crippen LogP contribution in [0, 0.1) is 17.8 Å². The fourth-order valence-corrected chi connectivity index (χ4v) is 6.21. The van der Waals surface area contributed by atoms with Crippen LogP contribution in [0.3, 0.4) is 0 Å². The molecule has 15 nitrogen and oxygen atoms in total. The van der Waals surface area contributed by atoms with Crippen molar-refractivity contribution in [2.45, 2.75) is 64.6 Å². The summed E-state index contributed by atoms with van der Waals surface area (Å²) in [6, 6.07) is 6.72. The van der Waals surface area contributed by atoms with Gasteiger partial charge in [0.05, 0.1) is 25.0 Å². The number of amides is 2. The van der Waals surface area contributed by atoms with Gasteiger partial charge in [0.2, 0.25) is 10.9 Å². The molecule has 0 spiro atoms. The molecule has 5 rings (SSSR count). The van der Waals surface area contributed by atoms with Crippen LogP contribution in [0.2, 0.25) is 5.28 Å². The van der Waals surface area contributed by atoms with E-state index in [9.17, 15) is 19.2 Å². The number of imidazole rings is 1. The van der Waals surface area contributed by atoms with Crippen LogP contribution in [0.4, 0.5) is 16.3 Å². The van der Waals surface area contributed by atoms with Gasteiger partial charge in [-0.25, -0.2) is 14.6 Å². The van der Waals surface area contributed by atoms with E-state index in [2.05, 4.69) is 31.5 Å². The second-order valence-electron chi connectivity index (χ2n) is 11.9. The third-order valence-corrected chi connectivity index (χ3v) is 8.94. The Morgan fingerprint density at radius 3 is 2.59 bits per heavy atom. The van der Waals surface area contributed by atoms with Gasteiger partial charge in [-0.05, 0) is 56.5 Å². The van der Waals surface area contributed by atoms with Crippen molar-refractivity contribution < 1.29 is 38.1 Å². The topological polar surface area (TPSA) is 176 Å². The number of ketones is 1. The summed E-state index contributed by atoms with van der Waals surface area (Å²) < 4.78 is 25.4. The summed E-state index contributed by atoms with van der Waals surface area (Å²) in [5, 5.41) is 5.67. The minimum absolute atomic E-state index is 0.00838. The molecule has 2 aromatic heterocycles. The Kier molecular flexibility index (Phi) is 10.4. The van der Waals surface area contributed by atoms with E-state index in [0.29, 0.717) is 35.7 Å². The molecule has 49 heavy (non-hydrogen) atoms. The number of aromatic nitrogens is 4. The number of nitrogens with one attached hydrogen (secondary N) is 2. The summed E-state index contributed by atoms with van der Waals surface area (Å²) in [7, 11) is 1.65. The second kappa shape index (κ2) is 14.4. The first kappa shape index (κ1) is 35.5. The molecular weight excluding hydrogens is 658 g/mol. The Morgan fingerprint density at radius 2 is 1.98 bits per heavy atom. The summed E-state index contributed by atoms with van der Waals surface area (Å²) in [6.07, 6.45) is 4.98. The van der Waals surface area contributed by atoms with Crippen molar-refractivity contribution in [3.05, 3.63) is 41.4 Å². The lowest BCUT2D eigenvalue weighted by atomic mass is 9.81. The number of hydrogen-bond donors (Lipinski definition) is 2. The number of rotatable bonds is 12. The molecule has 0 bridgehead atoms. The van der Waals surface area contributed by atoms with Gasteiger partial charge in [-0.15, -0.1) is 6.42 Å². The van der Waals surface area contributed by atoms with Gasteiger partial charge in [-0.3, -0.25) is 19.1 Å². The average molecular weight is 696 g/mol. The smallest absolute Gasteiger partial charge is 0.346 e. The zero-order chi connectivity index (χ0) is 35.5. The third-order valence-electron chi connectivity index (χ3n) is 8.77. The SMILES string of the molecule is C#C[C@@]1(C)[C@@H](COC(Cc2ccc(N3CCCNC3=O)cc2)(C(C)=O)C(=O)OCC)O[C@@H](n2cnc3c(NC)nc(Cl)nc32)[C@@H]1OC(C)=O. The fraction of sp³-hybridized carbons (Fsp3) is 0.485. The van der Waals surface area contributed by atoms with E-state index < -0.39 is 47.2 Å². The van der Waals surface area contributed by atoms with Crippen LogP contribution in [0.25, 0.3) is 11.2 Å². The number of Topliss-reactive ketones (excluding diaryl/α,β-unsaturated/α-hetero) is 1. The molecule has 2 aliphatic heterocycles. The lowest BCUT2D eigenvalue weighted by Crippen LogP contribution is -2.53. The van der Waals surface area contributed by atoms with E-state index in [1.165, 1.54) is 24.7 Å². The van der Waals surface area contributed by atoms with Gasteiger partial charge in [0.25, 0.3) is 0 Å². The molecule has 0 aliphatic carbocycles. The summed E-state index contributed by atoms with van der Waals surface area (Å²) in [5.74, 6) is 0.955. The number of carbonyl (C=O) groups excluding carboxylic acids is 4. The molecule has 5 atom stereocenters. The number of ether oxygens (including phenoxy) is 4. The number of nitrogens with zero attached hydrogens (tertiary/aromatic N) is 5. The maximum absolute atomic E-state index is 13.6. The number of benzene rings is 1. The zero-order valence-corrected chi connectivity index (χ0v) is 28.6. The van der Waals surface area contributed by atoms with Crippen molar-refractivity contribution in [2.75, 3.05) is 43.6 Å². The molecule has 2 fully saturated rings. The van der Waals surface area contributed by atoms with Crippen LogP contribution in [0.5, 0.6) is 0 Å². The Hall–Kier alpha value is -4.78. The van der Waals surface area contributed by atoms with E-state index in [0.717, 1.165) is 6.42 Å². The molecule has 1 unspecified atom stereocenters. The van der Waals surface area contributed by atoms with Crippen LogP contribution >= 0.6 is 11.6 Å². The summed E-state index contributed by atoms with van der Waals surface area (Å²) >= 11 is 6.20. The molecule has 2 saturated heterocycles. The van der Waals surface area contributed by atoms with Crippen LogP contribution in [0.1, 0.15) is 45.9 Å². The van der Waals surface area contributed by atoms with E-state index in [1.54, 1.807) is 50.1 Å². The highest BCUT2D eigenvalue weighted by Crippen LogP contribution is 2.46. The fourth-order valence-electron chi connectivity index (χ4n) is 6.04. The Labute approximate surface area is 288 Å². The number of fused-ring (bicyclic) bond motifs is 1. The molecule has 3 aromatic rings. The lowest BCUT2D eigenvalue weighted by Gasteiger charge is -2.33. The van der Waals surface area contributed by atoms with E-state index in [4.69, 9.17) is 37.0 Å². The van der Waals surface area contributed by atoms with Gasteiger partial charge in [0.1, 0.15) is 6.10 Å². The maximum atomic E-state index is 13.6. The quantitative estimate of drug-likeness (QED) is 0.123. The van der Waals surface area contributed by atoms with E-state index in [1.807, 2.05) is 0 Å². The number of halogens is 1. The largest absolute Gasteiger partial charge is 0.463 e. The van der Waals surface area contributed by atoms with Crippen molar-refractivity contribution in [3.63, 3.8) is 0 Å². The molecule has 4 heterocycles. The molecule has 0 saturated carbocycles. The Morgan fingerprint density at radius 1 is 1.24 bits per heavy atom. The van der Waals surface area contributed by atoms with Crippen molar-refractivity contribution in [1.29, 1.82) is 0 Å². The molecule has 2 N–H and O–H groups in total. The third kappa shape index (κ3) is 6.76. The highest BCUT2D eigenvalue weighted by atomic mass is 35.5. The Bertz CT molecular complexity index is 1790. The van der Waals surface area contributed by atoms with Crippen molar-refractivity contribution in [1.82, 2.24) is 24.8 Å². The van der Waals surface area contributed by atoms with E-state index >= 15 is 0 Å². The molecular formula is C33H38ClN7O8. The monoisotopic (exact) mass is 695 g/mol. The highest BCUT2D eigenvalue weighted by Gasteiger charge is 2.58. The number of anilines is 2. The van der Waals surface area contributed by atoms with Crippen LogP contribution in [-0.4, -0.2) is 94.4 Å². The molecule has 260 valence electrons. The van der Waals surface area contributed by atoms with Gasteiger partial charge in [-0.2, -0.15) is 9.97 Å². The lowest BCUT2D eigenvalue weighted by molar-refractivity contribution is -0.182. The summed E-state index contributed by atoms with van der Waals surface area (Å²) in [6.45, 7) is 6.55. The van der Waals surface area contributed by atoms with Crippen LogP contribution in [-0.2, 0) is 39.8 Å². The number of esters is 2. The minimum atomic E-state index is -2.09. The zero-order valence-electron chi connectivity index (χ0n) is 27.8. The number of terminal acetylenes is 1. The molecule has 1 aromatic carbocycles. The minimum Gasteiger partial charge on any atom is -0.463 e. The van der Waals surface area contributed by atoms with E-state index in [-0.39, 0.29) is 36.6 Å². The summed E-state index contributed by atoms with van der Waals surface area (Å²) in [5.41, 5.74) is -1.51. The van der Waals surface area contributed by atoms with Gasteiger partial charge >= 0.3 is 18.0 Å². The maximum Gasteiger partial charge on any atom is 0.346 e. The number of urea groups is 1. The molecule has 16 heteroatoms. The normalized spacial score (nSPS) is 23.3. The number of carbonyl (C=O) groups is 4. The standard InChI is InChI=1S/C33H38ClN7O8/c1-7-32(5)23(49-28(25(32)48-20(4)43)41-18-37-24-26(35-6)38-30(34)39-27(24)41)17-47-33(19(3)42,29(44)46-8-2)16-21-10-12-22(13-11-21)40-15-9-14-36-31(40)45/h1,10-13,18,23,25,28H,8-9,14-17H2,2-6H3,(H,36,45)(H,35,38,39)/t23-,25+,28-,32+,33?/m1/s1. The second-order valence-corrected chi connectivity index (χ2v) is 12.2. The predicted molar refractivity (Wildman–Crippen MR) is 178 cm³/mol. The highest BCUT2D eigenvalue weighted by molar-refractivity contribution is 6.28. The Balaban J connectivity index is 1.48. The predicted octanol–water partition coefficient (Wildman–Crippen LogP) is 3.06. The van der Waals surface area contributed by atoms with Crippen LogP contribution < -0.4 is 15.5 Å². The average Bonchev–Trinajstić information content (AvgIpc) is 3.61. The molecule has 0 radical (unpaired) electrons. The number of hydrogen-bond acceptors (Lipinski definition) is 12. The van der Waals surface area contributed by atoms with Gasteiger partial charge in [0, 0.05) is 39.2 Å². The first-order chi connectivity index (χ1) is 23.4. The van der Waals surface area contributed by atoms with Crippen molar-refractivity contribution in [2.24, 2.45) is 5.41 Å². The van der Waals surface area contributed by atoms with Gasteiger partial charge in [0.15, 0.2) is 35.1 Å². The summed E-state index contributed by atoms with van der Waals surface area (Å²) in [4.78, 5) is 66.2. The van der Waals surface area contributed by atoms with Gasteiger partial charge in [-0.1, -0.05) is 18.1 Å². The molecule has 2 aliphatic rings. The molecule has 2 amide bonds. The van der Waals surface area contributed by atoms with Crippen LogP contribution in [0.15, 0.2) is 30.6 Å². The van der Waals surface area contributed by atoms with Crippen molar-refractivity contribution in [3.8, 4) is 12.3 Å². The van der Waals surface area contributed by atoms with Crippen molar-refractivity contribution >= 4 is 58.0 Å².